The Balaban J connectivity index is 0.000000172. The van der Waals surface area contributed by atoms with Gasteiger partial charge in [-0.3, -0.25) is 33.5 Å². The fourth-order valence-electron chi connectivity index (χ4n) is 22.0. The van der Waals surface area contributed by atoms with Crippen LogP contribution in [-0.2, 0) is 47.7 Å². The zero-order valence-electron chi connectivity index (χ0n) is 44.6. The van der Waals surface area contributed by atoms with Crippen molar-refractivity contribution >= 4 is 43.5 Å². The molecule has 8 bridgehead atoms. The maximum Gasteiger partial charge on any atom is 0.308 e. The molecule has 12 fully saturated rings. The van der Waals surface area contributed by atoms with E-state index in [1.165, 1.54) is 0 Å². The van der Waals surface area contributed by atoms with Crippen LogP contribution in [0.15, 0.2) is 23.3 Å². The molecule has 0 aromatic rings. The number of carbonyl (C=O) groups excluding carboxylic acids is 6. The van der Waals surface area contributed by atoms with Crippen LogP contribution in [0.25, 0.3) is 0 Å². The molecule has 8 aliphatic heterocycles. The molecule has 0 N–H and O–H groups in total. The zero-order valence-corrected chi connectivity index (χ0v) is 44.6. The van der Waals surface area contributed by atoms with E-state index in [-0.39, 0.29) is 140 Å². The Morgan fingerprint density at radius 1 is 0.575 bits per heavy atom. The molecule has 4 saturated carbocycles. The number of esters is 2. The van der Waals surface area contributed by atoms with Crippen molar-refractivity contribution in [2.75, 3.05) is 13.1 Å². The maximum absolute atomic E-state index is 14.0. The number of fused-ring (bicyclic) bond motifs is 10. The predicted molar refractivity (Wildman–Crippen MR) is 273 cm³/mol. The van der Waals surface area contributed by atoms with Crippen LogP contribution >= 0.6 is 0 Å². The maximum atomic E-state index is 14.0. The number of hydrogen-bond donors (Lipinski definition) is 0. The van der Waals surface area contributed by atoms with Gasteiger partial charge in [-0.25, -0.2) is 9.80 Å². The molecule has 3 radical (unpaired) electrons. The minimum Gasteiger partial charge on any atom is -0.443 e. The second-order valence-electron chi connectivity index (χ2n) is 28.2. The van der Waals surface area contributed by atoms with Gasteiger partial charge in [0.15, 0.2) is 23.0 Å². The lowest BCUT2D eigenvalue weighted by atomic mass is 9.34. The highest BCUT2D eigenvalue weighted by atomic mass is 19.0. The first-order valence-corrected chi connectivity index (χ1v) is 27.6. The molecule has 14 aliphatic rings. The van der Waals surface area contributed by atoms with Gasteiger partial charge >= 0.3 is 11.9 Å². The molecule has 8 heterocycles. The van der Waals surface area contributed by atoms with Gasteiger partial charge in [-0.1, -0.05) is 74.0 Å². The van der Waals surface area contributed by atoms with Crippen LogP contribution in [0, 0.1) is 79.8 Å². The van der Waals surface area contributed by atoms with Gasteiger partial charge in [-0.2, -0.15) is 0 Å². The highest BCUT2D eigenvalue weighted by Gasteiger charge is 2.84. The summed E-state index contributed by atoms with van der Waals surface area (Å²) in [5.41, 5.74) is -2.73. The molecule has 0 amide bonds. The first-order valence-electron chi connectivity index (χ1n) is 27.6. The van der Waals surface area contributed by atoms with Crippen molar-refractivity contribution in [1.29, 1.82) is 0 Å². The zero-order chi connectivity index (χ0) is 49.5. The lowest BCUT2D eigenvalue weighted by Crippen LogP contribution is -2.82. The van der Waals surface area contributed by atoms with Crippen LogP contribution in [0.1, 0.15) is 181 Å². The van der Waals surface area contributed by atoms with E-state index in [1.54, 1.807) is 12.2 Å². The van der Waals surface area contributed by atoms with E-state index < -0.39 is 33.1 Å². The SMILES string of the molecule is C.CC1=CC(=O)C2CC(=O)C3C(C)(CC45OC(=O)CC3(C)C4(C)CCC34CC(C)CC(CN35)O4)C2C1.CC1=CC(=O)[C@H]2CC(=O)[C@H]3[C@@](C)(C[C@@]45OC(=O)C[C@]3(C)[C@]4(C)CC[C@]34C[C@@H](C)C[C@H](CN35)O4)[C@@H]2C1.F.[2HH].[B]. The molecule has 6 aliphatic carbocycles. The Morgan fingerprint density at radius 2 is 0.945 bits per heavy atom. The molecule has 2 spiro atoms. The molecule has 12 nitrogen and oxygen atoms in total. The van der Waals surface area contributed by atoms with Gasteiger partial charge in [0.2, 0.25) is 0 Å². The number of allylic oxidation sites excluding steroid dienone is 4. The van der Waals surface area contributed by atoms with Crippen LogP contribution in [0.5, 0.6) is 0 Å². The lowest BCUT2D eigenvalue weighted by Gasteiger charge is -2.76. The van der Waals surface area contributed by atoms with Gasteiger partial charge in [-0.15, -0.1) is 0 Å². The molecule has 401 valence electrons. The van der Waals surface area contributed by atoms with E-state index in [9.17, 15) is 28.8 Å². The number of Topliss-reactive ketones (excluding diaryl/α,β-unsaturated/α-hetero) is 2. The lowest BCUT2D eigenvalue weighted by molar-refractivity contribution is -0.379. The standard InChI is InChI=1S/2C29H39NO5.CH4.B.FH.H2/c2*1-16-9-20-19(21(31)10-16)11-22(32)24-25(20,3)15-29-27(5,26(24,4)13-23(33)35-29)6-7-28-12-17(2)8-18(34-28)14-30(28)29;;;;/h2*10,17-20,24H,6-9,11-15H2,1-5H3;1H4;;2*1H/t17-,18+,19-,20+,24-,25-,26-,27-,28-,29+;;;;;/m0...../s1/i;;;;;1+1. The Morgan fingerprint density at radius 3 is 1.32 bits per heavy atom. The summed E-state index contributed by atoms with van der Waals surface area (Å²) in [5.74, 6) is 0.600. The topological polar surface area (TPSA) is 146 Å². The van der Waals surface area contributed by atoms with E-state index >= 15 is 0 Å². The van der Waals surface area contributed by atoms with Crippen molar-refractivity contribution in [3.8, 4) is 0 Å². The highest BCUT2D eigenvalue weighted by molar-refractivity contribution is 6.00. The summed E-state index contributed by atoms with van der Waals surface area (Å²) in [6.45, 7) is 23.8. The van der Waals surface area contributed by atoms with Crippen molar-refractivity contribution in [3.05, 3.63) is 23.3 Å². The fraction of sp³-hybridized carbons (Fsp3) is 0.831. The Bertz CT molecular complexity index is 2390. The molecular formula is C59H85BFN2O10. The van der Waals surface area contributed by atoms with Crippen molar-refractivity contribution in [3.63, 3.8) is 0 Å². The Kier molecular flexibility index (Phi) is 11.7. The normalized spacial score (nSPS) is 54.5. The molecule has 0 aromatic heterocycles. The number of ether oxygens (including phenoxy) is 4. The van der Waals surface area contributed by atoms with E-state index in [1.807, 2.05) is 13.8 Å². The summed E-state index contributed by atoms with van der Waals surface area (Å²) in [4.78, 5) is 86.1. The molecule has 20 atom stereocenters. The van der Waals surface area contributed by atoms with Crippen LogP contribution in [0.2, 0.25) is 0 Å². The smallest absolute Gasteiger partial charge is 0.308 e. The molecule has 0 aromatic carbocycles. The Labute approximate surface area is 436 Å². The van der Waals surface area contributed by atoms with Crippen LogP contribution in [-0.4, -0.2) is 101 Å². The number of halogens is 1. The van der Waals surface area contributed by atoms with Crippen molar-refractivity contribution < 1.29 is 53.8 Å². The number of piperidine rings is 2. The van der Waals surface area contributed by atoms with E-state index in [0.29, 0.717) is 37.5 Å². The monoisotopic (exact) mass is 1010 g/mol. The first-order chi connectivity index (χ1) is 32.7. The fourth-order valence-corrected chi connectivity index (χ4v) is 22.0. The first kappa shape index (κ1) is 53.3. The number of ketones is 4. The summed E-state index contributed by atoms with van der Waals surface area (Å²) in [6.07, 6.45) is 15.6. The van der Waals surface area contributed by atoms with Gasteiger partial charge in [0.25, 0.3) is 0 Å². The van der Waals surface area contributed by atoms with Crippen molar-refractivity contribution in [2.45, 2.75) is 215 Å². The summed E-state index contributed by atoms with van der Waals surface area (Å²) in [7, 11) is 0. The summed E-state index contributed by atoms with van der Waals surface area (Å²) in [6, 6.07) is 0. The van der Waals surface area contributed by atoms with Crippen LogP contribution in [0.4, 0.5) is 4.70 Å². The predicted octanol–water partition coefficient (Wildman–Crippen LogP) is 9.48. The van der Waals surface area contributed by atoms with E-state index in [2.05, 4.69) is 65.2 Å². The molecule has 14 rings (SSSR count). The Hall–Kier alpha value is -3.07. The minimum absolute atomic E-state index is 0. The van der Waals surface area contributed by atoms with Crippen LogP contribution < -0.4 is 0 Å². The molecule has 8 saturated heterocycles. The number of carbonyl (C=O) groups is 6. The van der Waals surface area contributed by atoms with Gasteiger partial charge in [0.05, 0.1) is 25.0 Å². The minimum atomic E-state index is -0.806. The van der Waals surface area contributed by atoms with Gasteiger partial charge in [0.1, 0.15) is 23.0 Å². The highest BCUT2D eigenvalue weighted by Crippen LogP contribution is 2.80. The van der Waals surface area contributed by atoms with E-state index in [0.717, 1.165) is 88.4 Å². The van der Waals surface area contributed by atoms with Gasteiger partial charge < -0.3 is 18.9 Å². The molecule has 14 heteroatoms. The molecule has 10 unspecified atom stereocenters. The third-order valence-electron chi connectivity index (χ3n) is 24.5. The summed E-state index contributed by atoms with van der Waals surface area (Å²) >= 11 is 0. The number of rotatable bonds is 0. The van der Waals surface area contributed by atoms with Gasteiger partial charge in [0, 0.05) is 83.1 Å². The van der Waals surface area contributed by atoms with E-state index in [4.69, 9.17) is 18.9 Å². The quantitative estimate of drug-likeness (QED) is 0.168. The van der Waals surface area contributed by atoms with Crippen molar-refractivity contribution in [2.24, 2.45) is 79.8 Å². The molecular weight excluding hydrogens is 926 g/mol. The van der Waals surface area contributed by atoms with Crippen LogP contribution in [0.3, 0.4) is 0 Å². The number of hydrogen-bond acceptors (Lipinski definition) is 12. The third-order valence-corrected chi connectivity index (χ3v) is 24.5. The largest absolute Gasteiger partial charge is 0.443 e. The number of nitrogens with zero attached hydrogens (tertiary/aromatic N) is 2. The third kappa shape index (κ3) is 6.21. The summed E-state index contributed by atoms with van der Waals surface area (Å²) < 4.78 is 26.8. The average Bonchev–Trinajstić information content (AvgIpc) is 3.69. The average molecular weight is 1010 g/mol. The van der Waals surface area contributed by atoms with Crippen molar-refractivity contribution in [1.82, 2.24) is 9.80 Å². The summed E-state index contributed by atoms with van der Waals surface area (Å²) in [5, 5.41) is 0. The molecule has 73 heavy (non-hydrogen) atoms. The second-order valence-corrected chi connectivity index (χ2v) is 28.2. The van der Waals surface area contributed by atoms with Gasteiger partial charge in [-0.05, 0) is 136 Å². The second kappa shape index (κ2) is 16.0.